The van der Waals surface area contributed by atoms with Crippen molar-refractivity contribution in [2.45, 2.75) is 367 Å². The van der Waals surface area contributed by atoms with Gasteiger partial charge in [-0.2, -0.15) is 0 Å². The Morgan fingerprint density at radius 1 is 0.256 bits per heavy atom. The van der Waals surface area contributed by atoms with E-state index in [1.54, 1.807) is 0 Å². The first-order chi connectivity index (χ1) is 38.5. The maximum atomic E-state index is 12.9. The highest BCUT2D eigenvalue weighted by Gasteiger charge is 2.19. The summed E-state index contributed by atoms with van der Waals surface area (Å²) < 4.78 is 16.9. The van der Waals surface area contributed by atoms with E-state index < -0.39 is 6.10 Å². The van der Waals surface area contributed by atoms with Gasteiger partial charge in [0.15, 0.2) is 6.10 Å². The van der Waals surface area contributed by atoms with E-state index in [4.69, 9.17) is 14.2 Å². The zero-order chi connectivity index (χ0) is 56.4. The molecular weight excluding hydrogens is 961 g/mol. The first kappa shape index (κ1) is 75.1. The molecule has 0 amide bonds. The molecule has 1 unspecified atom stereocenters. The molecule has 0 saturated carbocycles. The second-order valence-corrected chi connectivity index (χ2v) is 23.1. The van der Waals surface area contributed by atoms with Gasteiger partial charge in [-0.1, -0.05) is 300 Å². The number of carbonyl (C=O) groups excluding carboxylic acids is 3. The zero-order valence-corrected chi connectivity index (χ0v) is 52.2. The van der Waals surface area contributed by atoms with Crippen molar-refractivity contribution in [2.75, 3.05) is 13.2 Å². The molecule has 0 rings (SSSR count). The minimum atomic E-state index is -0.782. The van der Waals surface area contributed by atoms with Crippen LogP contribution in [0.15, 0.2) is 60.8 Å². The summed E-state index contributed by atoms with van der Waals surface area (Å²) in [6, 6.07) is 0. The Labute approximate surface area is 485 Å². The third kappa shape index (κ3) is 63.9. The van der Waals surface area contributed by atoms with Gasteiger partial charge < -0.3 is 14.2 Å². The van der Waals surface area contributed by atoms with Crippen molar-refractivity contribution in [1.29, 1.82) is 0 Å². The minimum Gasteiger partial charge on any atom is -0.462 e. The smallest absolute Gasteiger partial charge is 0.306 e. The maximum Gasteiger partial charge on any atom is 0.306 e. The molecule has 0 aliphatic heterocycles. The van der Waals surface area contributed by atoms with Crippen molar-refractivity contribution >= 4 is 17.9 Å². The van der Waals surface area contributed by atoms with E-state index in [1.807, 2.05) is 0 Å². The highest BCUT2D eigenvalue weighted by Crippen LogP contribution is 2.17. The van der Waals surface area contributed by atoms with Crippen molar-refractivity contribution in [2.24, 2.45) is 0 Å². The van der Waals surface area contributed by atoms with E-state index in [1.165, 1.54) is 238 Å². The third-order valence-corrected chi connectivity index (χ3v) is 15.2. The van der Waals surface area contributed by atoms with Crippen LogP contribution in [-0.2, 0) is 28.6 Å². The molecule has 0 radical (unpaired) electrons. The second-order valence-electron chi connectivity index (χ2n) is 23.1. The molecule has 0 heterocycles. The van der Waals surface area contributed by atoms with Crippen LogP contribution < -0.4 is 0 Å². The van der Waals surface area contributed by atoms with Gasteiger partial charge in [-0.25, -0.2) is 0 Å². The Hall–Kier alpha value is -2.89. The molecule has 0 saturated heterocycles. The standard InChI is InChI=1S/C72H130O6/c1-4-7-10-13-16-19-22-25-28-30-31-32-33-34-35-36-37-38-39-40-41-43-44-47-50-53-56-59-62-65-71(74)77-68-69(67-76-70(73)64-61-58-55-52-49-46-27-24-21-18-15-12-9-6-3)78-72(75)66-63-60-57-54-51-48-45-42-29-26-23-20-17-14-11-8-5-2/h15,18,22,24-27,29-31,69H,4-14,16-17,19-21,23,28,32-68H2,1-3H3/b18-15-,25-22-,27-24-,29-26-,31-30-. The molecule has 0 bridgehead atoms. The quantitative estimate of drug-likeness (QED) is 0.0261. The molecule has 0 aromatic carbocycles. The van der Waals surface area contributed by atoms with Crippen LogP contribution in [0.4, 0.5) is 0 Å². The Balaban J connectivity index is 4.22. The first-order valence-electron chi connectivity index (χ1n) is 34.3. The van der Waals surface area contributed by atoms with Crippen LogP contribution in [0.25, 0.3) is 0 Å². The molecule has 0 aromatic heterocycles. The fourth-order valence-electron chi connectivity index (χ4n) is 10.0. The van der Waals surface area contributed by atoms with Gasteiger partial charge in [0, 0.05) is 19.3 Å². The van der Waals surface area contributed by atoms with E-state index in [-0.39, 0.29) is 31.1 Å². The fourth-order valence-corrected chi connectivity index (χ4v) is 10.0. The Morgan fingerprint density at radius 3 is 0.756 bits per heavy atom. The second kappa shape index (κ2) is 66.6. The van der Waals surface area contributed by atoms with Crippen molar-refractivity contribution in [3.63, 3.8) is 0 Å². The molecule has 78 heavy (non-hydrogen) atoms. The maximum absolute atomic E-state index is 12.9. The molecule has 0 spiro atoms. The lowest BCUT2D eigenvalue weighted by Crippen LogP contribution is -2.30. The summed E-state index contributed by atoms with van der Waals surface area (Å²) in [5.74, 6) is -0.877. The average molecular weight is 1090 g/mol. The number of rotatable bonds is 63. The highest BCUT2D eigenvalue weighted by atomic mass is 16.6. The topological polar surface area (TPSA) is 78.9 Å². The Kier molecular flexibility index (Phi) is 64.2. The van der Waals surface area contributed by atoms with Crippen LogP contribution in [0, 0.1) is 0 Å². The van der Waals surface area contributed by atoms with Crippen LogP contribution >= 0.6 is 0 Å². The molecule has 0 aromatic rings. The Bertz CT molecular complexity index is 1390. The van der Waals surface area contributed by atoms with Gasteiger partial charge >= 0.3 is 17.9 Å². The van der Waals surface area contributed by atoms with E-state index in [9.17, 15) is 14.4 Å². The van der Waals surface area contributed by atoms with Crippen molar-refractivity contribution in [3.05, 3.63) is 60.8 Å². The molecule has 454 valence electrons. The van der Waals surface area contributed by atoms with E-state index in [2.05, 4.69) is 81.5 Å². The third-order valence-electron chi connectivity index (χ3n) is 15.2. The summed E-state index contributed by atoms with van der Waals surface area (Å²) in [4.78, 5) is 38.4. The van der Waals surface area contributed by atoms with Crippen molar-refractivity contribution in [1.82, 2.24) is 0 Å². The number of esters is 3. The van der Waals surface area contributed by atoms with E-state index in [0.29, 0.717) is 19.3 Å². The van der Waals surface area contributed by atoms with Gasteiger partial charge in [0.1, 0.15) is 13.2 Å². The summed E-state index contributed by atoms with van der Waals surface area (Å²) in [5, 5.41) is 0. The van der Waals surface area contributed by atoms with E-state index in [0.717, 1.165) is 83.5 Å². The zero-order valence-electron chi connectivity index (χ0n) is 52.2. The number of ether oxygens (including phenoxy) is 3. The monoisotopic (exact) mass is 1090 g/mol. The van der Waals surface area contributed by atoms with Crippen LogP contribution in [0.1, 0.15) is 361 Å². The molecule has 0 aliphatic rings. The van der Waals surface area contributed by atoms with Gasteiger partial charge in [0.25, 0.3) is 0 Å². The lowest BCUT2D eigenvalue weighted by Gasteiger charge is -2.18. The number of allylic oxidation sites excluding steroid dienone is 10. The average Bonchev–Trinajstić information content (AvgIpc) is 3.44. The molecule has 6 heteroatoms. The molecule has 6 nitrogen and oxygen atoms in total. The summed E-state index contributed by atoms with van der Waals surface area (Å²) in [5.41, 5.74) is 0. The Morgan fingerprint density at radius 2 is 0.474 bits per heavy atom. The predicted molar refractivity (Wildman–Crippen MR) is 339 cm³/mol. The molecule has 0 N–H and O–H groups in total. The van der Waals surface area contributed by atoms with Gasteiger partial charge in [-0.15, -0.1) is 0 Å². The number of unbranched alkanes of at least 4 members (excludes halogenated alkanes) is 42. The fraction of sp³-hybridized carbons (Fsp3) is 0.819. The number of hydrogen-bond acceptors (Lipinski definition) is 6. The van der Waals surface area contributed by atoms with Crippen LogP contribution in [0.3, 0.4) is 0 Å². The summed E-state index contributed by atoms with van der Waals surface area (Å²) in [7, 11) is 0. The number of carbonyl (C=O) groups is 3. The lowest BCUT2D eigenvalue weighted by atomic mass is 10.0. The van der Waals surface area contributed by atoms with Crippen LogP contribution in [0.2, 0.25) is 0 Å². The minimum absolute atomic E-state index is 0.0774. The summed E-state index contributed by atoms with van der Waals surface area (Å²) in [6.45, 7) is 6.62. The highest BCUT2D eigenvalue weighted by molar-refractivity contribution is 5.71. The van der Waals surface area contributed by atoms with Crippen molar-refractivity contribution < 1.29 is 28.6 Å². The number of hydrogen-bond donors (Lipinski definition) is 0. The normalized spacial score (nSPS) is 12.4. The first-order valence-corrected chi connectivity index (χ1v) is 34.3. The SMILES string of the molecule is CCCC/C=C\C/C=C\CCCCCCCC(=O)OCC(COC(=O)CCCCCCCCCCCCCCCCCCC/C=C\C/C=C\CCCCCCC)OC(=O)CCCCCCCCC/C=C\CCCCCCCC. The molecule has 1 atom stereocenters. The molecule has 0 fully saturated rings. The predicted octanol–water partition coefficient (Wildman–Crippen LogP) is 23.5. The van der Waals surface area contributed by atoms with Crippen LogP contribution in [-0.4, -0.2) is 37.2 Å². The lowest BCUT2D eigenvalue weighted by molar-refractivity contribution is -0.167. The van der Waals surface area contributed by atoms with Crippen molar-refractivity contribution in [3.8, 4) is 0 Å². The molecular formula is C72H130O6. The van der Waals surface area contributed by atoms with Gasteiger partial charge in [-0.05, 0) is 103 Å². The summed E-state index contributed by atoms with van der Waals surface area (Å²) in [6.07, 6.45) is 85.3. The van der Waals surface area contributed by atoms with Gasteiger partial charge in [0.2, 0.25) is 0 Å². The van der Waals surface area contributed by atoms with Crippen LogP contribution in [0.5, 0.6) is 0 Å². The van der Waals surface area contributed by atoms with E-state index >= 15 is 0 Å². The largest absolute Gasteiger partial charge is 0.462 e. The van der Waals surface area contributed by atoms with Gasteiger partial charge in [0.05, 0.1) is 0 Å². The summed E-state index contributed by atoms with van der Waals surface area (Å²) >= 11 is 0. The van der Waals surface area contributed by atoms with Gasteiger partial charge in [-0.3, -0.25) is 14.4 Å². The molecule has 0 aliphatic carbocycles.